The van der Waals surface area contributed by atoms with Gasteiger partial charge in [-0.3, -0.25) is 0 Å². The zero-order valence-electron chi connectivity index (χ0n) is 27.1. The standard InChI is InChI=1S/C44H27F2N5/c45-44(46)36-23-21-32(39-27-38(28-13-5-1-6-14-28)47-40(48-39)29-15-7-2-8-16-29)25-34(36)35-26-33(22-24-37(35)44)43-50-41(30-17-9-3-10-18-30)49-42(51-43)31-19-11-4-12-20-31/h1-27H. The van der Waals surface area contributed by atoms with E-state index in [1.54, 1.807) is 18.2 Å². The zero-order chi connectivity index (χ0) is 34.4. The second-order valence-corrected chi connectivity index (χ2v) is 12.3. The van der Waals surface area contributed by atoms with Crippen LogP contribution in [0.1, 0.15) is 11.1 Å². The van der Waals surface area contributed by atoms with E-state index in [1.807, 2.05) is 133 Å². The minimum absolute atomic E-state index is 0.0513. The summed E-state index contributed by atoms with van der Waals surface area (Å²) in [5.41, 5.74) is 6.91. The maximum Gasteiger partial charge on any atom is 0.299 e. The summed E-state index contributed by atoms with van der Waals surface area (Å²) >= 11 is 0. The molecule has 1 aliphatic rings. The number of fused-ring (bicyclic) bond motifs is 3. The first-order valence-corrected chi connectivity index (χ1v) is 16.6. The molecular weight excluding hydrogens is 637 g/mol. The summed E-state index contributed by atoms with van der Waals surface area (Å²) in [5, 5.41) is 0. The molecule has 9 rings (SSSR count). The number of hydrogen-bond acceptors (Lipinski definition) is 5. The highest BCUT2D eigenvalue weighted by molar-refractivity contribution is 5.86. The fourth-order valence-corrected chi connectivity index (χ4v) is 6.53. The van der Waals surface area contributed by atoms with Crippen LogP contribution in [0.4, 0.5) is 8.78 Å². The summed E-state index contributed by atoms with van der Waals surface area (Å²) in [6.45, 7) is 0. The normalized spacial score (nSPS) is 12.7. The van der Waals surface area contributed by atoms with E-state index >= 15 is 8.78 Å². The van der Waals surface area contributed by atoms with Gasteiger partial charge >= 0.3 is 0 Å². The molecule has 0 unspecified atom stereocenters. The van der Waals surface area contributed by atoms with Crippen molar-refractivity contribution in [3.05, 3.63) is 175 Å². The van der Waals surface area contributed by atoms with Crippen molar-refractivity contribution in [1.82, 2.24) is 24.9 Å². The van der Waals surface area contributed by atoms with Gasteiger partial charge in [0.15, 0.2) is 23.3 Å². The van der Waals surface area contributed by atoms with Crippen LogP contribution in [0.3, 0.4) is 0 Å². The molecule has 0 radical (unpaired) electrons. The topological polar surface area (TPSA) is 64.5 Å². The van der Waals surface area contributed by atoms with Crippen LogP contribution in [0.15, 0.2) is 164 Å². The van der Waals surface area contributed by atoms with Crippen LogP contribution in [0.25, 0.3) is 79.2 Å². The molecule has 8 aromatic rings. The van der Waals surface area contributed by atoms with Crippen molar-refractivity contribution in [1.29, 1.82) is 0 Å². The molecule has 0 saturated carbocycles. The molecule has 2 aromatic heterocycles. The largest absolute Gasteiger partial charge is 0.299 e. The van der Waals surface area contributed by atoms with Crippen LogP contribution >= 0.6 is 0 Å². The average molecular weight is 664 g/mol. The number of rotatable bonds is 6. The Labute approximate surface area is 293 Å². The molecular formula is C44H27F2N5. The first-order valence-electron chi connectivity index (χ1n) is 16.6. The van der Waals surface area contributed by atoms with Gasteiger partial charge in [-0.15, -0.1) is 0 Å². The number of benzene rings is 6. The minimum atomic E-state index is -3.18. The monoisotopic (exact) mass is 663 g/mol. The SMILES string of the molecule is FC1(F)c2ccc(-c3cc(-c4ccccc4)nc(-c4ccccc4)n3)cc2-c2cc(-c3nc(-c4ccccc4)nc(-c4ccccc4)n3)ccc21. The van der Waals surface area contributed by atoms with E-state index in [0.717, 1.165) is 27.9 Å². The molecule has 7 heteroatoms. The predicted molar refractivity (Wildman–Crippen MR) is 196 cm³/mol. The summed E-state index contributed by atoms with van der Waals surface area (Å²) in [7, 11) is 0. The first kappa shape index (κ1) is 30.3. The Morgan fingerprint density at radius 3 is 1.14 bits per heavy atom. The molecule has 5 nitrogen and oxygen atoms in total. The van der Waals surface area contributed by atoms with Crippen LogP contribution in [0.2, 0.25) is 0 Å². The number of hydrogen-bond donors (Lipinski definition) is 0. The lowest BCUT2D eigenvalue weighted by molar-refractivity contribution is 0.0480. The van der Waals surface area contributed by atoms with Crippen molar-refractivity contribution >= 4 is 0 Å². The Kier molecular flexibility index (Phi) is 7.32. The zero-order valence-corrected chi connectivity index (χ0v) is 27.1. The summed E-state index contributed by atoms with van der Waals surface area (Å²) in [6, 6.07) is 50.8. The summed E-state index contributed by atoms with van der Waals surface area (Å²) in [6.07, 6.45) is 0. The van der Waals surface area contributed by atoms with E-state index in [-0.39, 0.29) is 11.1 Å². The van der Waals surface area contributed by atoms with E-state index in [4.69, 9.17) is 24.9 Å². The Bertz CT molecular complexity index is 2250. The molecule has 0 N–H and O–H groups in total. The lowest BCUT2D eigenvalue weighted by Gasteiger charge is -2.13. The minimum Gasteiger partial charge on any atom is -0.228 e. The van der Waals surface area contributed by atoms with Gasteiger partial charge in [-0.1, -0.05) is 146 Å². The van der Waals surface area contributed by atoms with Gasteiger partial charge in [-0.25, -0.2) is 24.9 Å². The van der Waals surface area contributed by atoms with Crippen LogP contribution < -0.4 is 0 Å². The smallest absolute Gasteiger partial charge is 0.228 e. The molecule has 2 heterocycles. The van der Waals surface area contributed by atoms with Crippen LogP contribution in [0.5, 0.6) is 0 Å². The van der Waals surface area contributed by atoms with E-state index in [9.17, 15) is 0 Å². The van der Waals surface area contributed by atoms with Crippen LogP contribution in [-0.2, 0) is 5.92 Å². The van der Waals surface area contributed by atoms with Crippen molar-refractivity contribution in [3.63, 3.8) is 0 Å². The molecule has 1 aliphatic carbocycles. The highest BCUT2D eigenvalue weighted by atomic mass is 19.3. The molecule has 0 bridgehead atoms. The van der Waals surface area contributed by atoms with Gasteiger partial charge in [0.1, 0.15) is 0 Å². The van der Waals surface area contributed by atoms with E-state index in [0.29, 0.717) is 51.2 Å². The van der Waals surface area contributed by atoms with Crippen LogP contribution in [0, 0.1) is 0 Å². The molecule has 0 amide bonds. The predicted octanol–water partition coefficient (Wildman–Crippen LogP) is 10.8. The van der Waals surface area contributed by atoms with Gasteiger partial charge in [-0.2, -0.15) is 8.78 Å². The van der Waals surface area contributed by atoms with E-state index in [1.165, 1.54) is 12.1 Å². The lowest BCUT2D eigenvalue weighted by Crippen LogP contribution is -2.10. The maximum atomic E-state index is 16.1. The van der Waals surface area contributed by atoms with Crippen molar-refractivity contribution in [2.24, 2.45) is 0 Å². The maximum absolute atomic E-state index is 16.1. The van der Waals surface area contributed by atoms with Crippen molar-refractivity contribution in [3.8, 4) is 79.2 Å². The van der Waals surface area contributed by atoms with Crippen molar-refractivity contribution in [2.75, 3.05) is 0 Å². The number of alkyl halides is 2. The molecule has 0 aliphatic heterocycles. The molecule has 0 atom stereocenters. The highest BCUT2D eigenvalue weighted by Gasteiger charge is 2.44. The molecule has 6 aromatic carbocycles. The van der Waals surface area contributed by atoms with Gasteiger partial charge in [0.2, 0.25) is 0 Å². The average Bonchev–Trinajstić information content (AvgIpc) is 3.43. The van der Waals surface area contributed by atoms with Crippen molar-refractivity contribution < 1.29 is 8.78 Å². The van der Waals surface area contributed by atoms with Gasteiger partial charge in [0, 0.05) is 44.5 Å². The van der Waals surface area contributed by atoms with E-state index < -0.39 is 5.92 Å². The third kappa shape index (κ3) is 5.55. The molecule has 0 spiro atoms. The Morgan fingerprint density at radius 2 is 0.667 bits per heavy atom. The third-order valence-corrected chi connectivity index (χ3v) is 9.09. The molecule has 0 fully saturated rings. The number of halogens is 2. The lowest BCUT2D eigenvalue weighted by atomic mass is 9.99. The van der Waals surface area contributed by atoms with Gasteiger partial charge in [0.25, 0.3) is 5.92 Å². The van der Waals surface area contributed by atoms with E-state index in [2.05, 4.69) is 0 Å². The van der Waals surface area contributed by atoms with Crippen molar-refractivity contribution in [2.45, 2.75) is 5.92 Å². The highest BCUT2D eigenvalue weighted by Crippen LogP contribution is 2.52. The molecule has 242 valence electrons. The first-order chi connectivity index (χ1) is 25.0. The Morgan fingerprint density at radius 1 is 0.314 bits per heavy atom. The second kappa shape index (κ2) is 12.3. The Hall–Kier alpha value is -6.73. The van der Waals surface area contributed by atoms with Gasteiger partial charge < -0.3 is 0 Å². The fraction of sp³-hybridized carbons (Fsp3) is 0.0227. The molecule has 51 heavy (non-hydrogen) atoms. The summed E-state index contributed by atoms with van der Waals surface area (Å²) < 4.78 is 32.1. The second-order valence-electron chi connectivity index (χ2n) is 12.3. The third-order valence-electron chi connectivity index (χ3n) is 9.09. The van der Waals surface area contributed by atoms with Gasteiger partial charge in [-0.05, 0) is 29.3 Å². The quantitative estimate of drug-likeness (QED) is 0.177. The molecule has 0 saturated heterocycles. The number of nitrogens with zero attached hydrogens (tertiary/aromatic N) is 5. The summed E-state index contributed by atoms with van der Waals surface area (Å²) in [5.74, 6) is -1.23. The van der Waals surface area contributed by atoms with Gasteiger partial charge in [0.05, 0.1) is 11.4 Å². The fourth-order valence-electron chi connectivity index (χ4n) is 6.53. The Balaban J connectivity index is 1.19. The van der Waals surface area contributed by atoms with Crippen LogP contribution in [-0.4, -0.2) is 24.9 Å². The number of aromatic nitrogens is 5. The summed E-state index contributed by atoms with van der Waals surface area (Å²) in [4.78, 5) is 24.3.